The molecule has 10 heteroatoms. The Labute approximate surface area is 190 Å². The van der Waals surface area contributed by atoms with E-state index in [1.165, 1.54) is 11.8 Å². The molecule has 1 aliphatic rings. The van der Waals surface area contributed by atoms with Gasteiger partial charge in [0, 0.05) is 25.8 Å². The lowest BCUT2D eigenvalue weighted by Gasteiger charge is -2.25. The predicted octanol–water partition coefficient (Wildman–Crippen LogP) is 2.13. The van der Waals surface area contributed by atoms with Crippen LogP contribution in [-0.2, 0) is 14.4 Å². The molecule has 1 fully saturated rings. The average molecular weight is 459 g/mol. The molecule has 1 saturated heterocycles. The summed E-state index contributed by atoms with van der Waals surface area (Å²) in [6, 6.07) is 6.23. The molecule has 0 saturated carbocycles. The molecule has 1 aliphatic heterocycles. The minimum absolute atomic E-state index is 0.0243. The summed E-state index contributed by atoms with van der Waals surface area (Å²) in [5.74, 6) is -1.51. The van der Waals surface area contributed by atoms with Crippen molar-refractivity contribution in [2.24, 2.45) is 10.9 Å². The van der Waals surface area contributed by atoms with E-state index >= 15 is 0 Å². The highest BCUT2D eigenvalue weighted by molar-refractivity contribution is 7.13. The Morgan fingerprint density at radius 2 is 1.97 bits per heavy atom. The Kier molecular flexibility index (Phi) is 7.37. The average Bonchev–Trinajstić information content (AvgIpc) is 3.35. The van der Waals surface area contributed by atoms with Gasteiger partial charge in [-0.15, -0.1) is 11.3 Å². The number of aromatic nitrogens is 1. The number of hydrogen-bond donors (Lipinski definition) is 2. The summed E-state index contributed by atoms with van der Waals surface area (Å²) in [7, 11) is 0. The molecule has 1 aromatic carbocycles. The highest BCUT2D eigenvalue weighted by Crippen LogP contribution is 2.28. The maximum Gasteiger partial charge on any atom is 0.275 e. The van der Waals surface area contributed by atoms with Crippen molar-refractivity contribution < 1.29 is 24.3 Å². The van der Waals surface area contributed by atoms with Crippen molar-refractivity contribution in [2.45, 2.75) is 46.3 Å². The van der Waals surface area contributed by atoms with Crippen LogP contribution in [0.3, 0.4) is 0 Å². The van der Waals surface area contributed by atoms with Crippen LogP contribution in [-0.4, -0.2) is 57.1 Å². The predicted molar refractivity (Wildman–Crippen MR) is 120 cm³/mol. The summed E-state index contributed by atoms with van der Waals surface area (Å²) in [4.78, 5) is 52.8. The standard InChI is InChI=1S/C22H26N4O5S/c1-12(2)19(24-14(4)27)22(30)26-10-16(28)9-18(26)21(29)25-31-17-7-5-15(6-8-17)20-13(3)23-11-32-20/h5-8,11-12,16,18,28H,9-10H2,1-4H3,(H,25,29)/t16-,18+/m1/s1. The van der Waals surface area contributed by atoms with Crippen LogP contribution in [0.1, 0.15) is 32.9 Å². The van der Waals surface area contributed by atoms with E-state index in [0.717, 1.165) is 16.1 Å². The zero-order valence-electron chi connectivity index (χ0n) is 18.4. The zero-order valence-corrected chi connectivity index (χ0v) is 19.2. The molecule has 2 aromatic rings. The molecule has 1 aromatic heterocycles. The summed E-state index contributed by atoms with van der Waals surface area (Å²) in [6.07, 6.45) is -0.793. The normalized spacial score (nSPS) is 18.7. The van der Waals surface area contributed by atoms with Crippen molar-refractivity contribution in [1.29, 1.82) is 0 Å². The molecular weight excluding hydrogens is 432 g/mol. The van der Waals surface area contributed by atoms with Crippen LogP contribution in [0, 0.1) is 12.8 Å². The summed E-state index contributed by atoms with van der Waals surface area (Å²) in [5.41, 5.74) is 6.13. The first kappa shape index (κ1) is 23.6. The number of nitrogens with zero attached hydrogens (tertiary/aromatic N) is 3. The number of rotatable bonds is 6. The molecule has 2 atom stereocenters. The number of hydroxylamine groups is 1. The van der Waals surface area contributed by atoms with Crippen LogP contribution in [0.2, 0.25) is 0 Å². The summed E-state index contributed by atoms with van der Waals surface area (Å²) >= 11 is 1.54. The number of nitrogens with one attached hydrogen (secondary N) is 1. The number of aryl methyl sites for hydroxylation is 1. The number of aliphatic hydroxyl groups excluding tert-OH is 1. The number of amides is 3. The van der Waals surface area contributed by atoms with Gasteiger partial charge in [0.05, 0.1) is 22.2 Å². The Morgan fingerprint density at radius 1 is 1.28 bits per heavy atom. The number of thiazole rings is 1. The first-order valence-corrected chi connectivity index (χ1v) is 11.1. The maximum atomic E-state index is 12.9. The maximum absolute atomic E-state index is 12.9. The van der Waals surface area contributed by atoms with Crippen LogP contribution in [0.15, 0.2) is 34.8 Å². The molecule has 32 heavy (non-hydrogen) atoms. The lowest BCUT2D eigenvalue weighted by Crippen LogP contribution is -2.49. The van der Waals surface area contributed by atoms with E-state index in [4.69, 9.17) is 4.84 Å². The van der Waals surface area contributed by atoms with Crippen molar-refractivity contribution in [1.82, 2.24) is 15.4 Å². The number of benzene rings is 1. The van der Waals surface area contributed by atoms with E-state index < -0.39 is 29.9 Å². The third-order valence-electron chi connectivity index (χ3n) is 5.02. The molecule has 0 aliphatic carbocycles. The Bertz CT molecular complexity index is 1030. The topological polar surface area (TPSA) is 121 Å². The van der Waals surface area contributed by atoms with Gasteiger partial charge in [-0.3, -0.25) is 14.4 Å². The van der Waals surface area contributed by atoms with Gasteiger partial charge in [0.15, 0.2) is 5.75 Å². The van der Waals surface area contributed by atoms with Crippen LogP contribution >= 0.6 is 11.3 Å². The van der Waals surface area contributed by atoms with Gasteiger partial charge in [0.25, 0.3) is 11.8 Å². The fourth-order valence-electron chi connectivity index (χ4n) is 3.46. The van der Waals surface area contributed by atoms with Crippen LogP contribution in [0.25, 0.3) is 10.4 Å². The fourth-order valence-corrected chi connectivity index (χ4v) is 4.27. The molecule has 3 rings (SSSR count). The lowest BCUT2D eigenvalue weighted by molar-refractivity contribution is -0.138. The SMILES string of the molecule is CC(=O)N=C(C(=O)N1C[C@H](O)C[C@H]1C(=O)NOc1ccc(-c2scnc2C)cc1)C(C)C. The molecular formula is C22H26N4O5S. The van der Waals surface area contributed by atoms with E-state index in [2.05, 4.69) is 15.5 Å². The molecule has 170 valence electrons. The van der Waals surface area contributed by atoms with E-state index in [1.807, 2.05) is 19.1 Å². The smallest absolute Gasteiger partial charge is 0.275 e. The van der Waals surface area contributed by atoms with Crippen molar-refractivity contribution in [3.63, 3.8) is 0 Å². The quantitative estimate of drug-likeness (QED) is 0.505. The van der Waals surface area contributed by atoms with Crippen LogP contribution in [0.5, 0.6) is 5.75 Å². The van der Waals surface area contributed by atoms with E-state index in [0.29, 0.717) is 5.75 Å². The second-order valence-corrected chi connectivity index (χ2v) is 8.75. The molecule has 3 amide bonds. The van der Waals surface area contributed by atoms with Crippen molar-refractivity contribution in [3.8, 4) is 16.2 Å². The van der Waals surface area contributed by atoms with E-state index in [9.17, 15) is 19.5 Å². The van der Waals surface area contributed by atoms with Gasteiger partial charge < -0.3 is 14.8 Å². The fraction of sp³-hybridized carbons (Fsp3) is 0.409. The van der Waals surface area contributed by atoms with Gasteiger partial charge in [-0.05, 0) is 36.8 Å². The number of hydrogen-bond acceptors (Lipinski definition) is 7. The Balaban J connectivity index is 1.67. The van der Waals surface area contributed by atoms with Crippen molar-refractivity contribution in [2.75, 3.05) is 6.54 Å². The van der Waals surface area contributed by atoms with E-state index in [1.54, 1.807) is 42.8 Å². The van der Waals surface area contributed by atoms with Crippen molar-refractivity contribution >= 4 is 34.8 Å². The van der Waals surface area contributed by atoms with Gasteiger partial charge in [-0.1, -0.05) is 13.8 Å². The van der Waals surface area contributed by atoms with Crippen LogP contribution in [0.4, 0.5) is 0 Å². The number of β-amino-alcohol motifs (C(OH)–C–C–N with tert-alkyl or cyclic N) is 1. The Morgan fingerprint density at radius 3 is 2.53 bits per heavy atom. The number of aliphatic hydroxyl groups is 1. The minimum Gasteiger partial charge on any atom is -0.391 e. The number of carbonyl (C=O) groups excluding carboxylic acids is 3. The highest BCUT2D eigenvalue weighted by Gasteiger charge is 2.41. The van der Waals surface area contributed by atoms with Gasteiger partial charge in [-0.2, -0.15) is 5.48 Å². The second kappa shape index (κ2) is 10.0. The van der Waals surface area contributed by atoms with Crippen molar-refractivity contribution in [3.05, 3.63) is 35.5 Å². The zero-order chi connectivity index (χ0) is 23.4. The molecule has 9 nitrogen and oxygen atoms in total. The van der Waals surface area contributed by atoms with Gasteiger partial charge in [-0.25, -0.2) is 9.98 Å². The summed E-state index contributed by atoms with van der Waals surface area (Å²) in [6.45, 7) is 6.65. The highest BCUT2D eigenvalue weighted by atomic mass is 32.1. The van der Waals surface area contributed by atoms with Gasteiger partial charge in [0.1, 0.15) is 11.8 Å². The third kappa shape index (κ3) is 5.38. The molecule has 2 N–H and O–H groups in total. The molecule has 0 unspecified atom stereocenters. The monoisotopic (exact) mass is 458 g/mol. The summed E-state index contributed by atoms with van der Waals surface area (Å²) in [5, 5.41) is 10.1. The number of carbonyl (C=O) groups is 3. The molecule has 0 bridgehead atoms. The molecule has 0 radical (unpaired) electrons. The number of likely N-dealkylation sites (tertiary alicyclic amines) is 1. The minimum atomic E-state index is -0.937. The summed E-state index contributed by atoms with van der Waals surface area (Å²) < 4.78 is 0. The number of aliphatic imine (C=N–C) groups is 1. The first-order valence-electron chi connectivity index (χ1n) is 10.2. The first-order chi connectivity index (χ1) is 15.2. The lowest BCUT2D eigenvalue weighted by atomic mass is 10.1. The van der Waals surface area contributed by atoms with Gasteiger partial charge >= 0.3 is 0 Å². The largest absolute Gasteiger partial charge is 0.391 e. The molecule has 0 spiro atoms. The Hall–Kier alpha value is -3.11. The third-order valence-corrected chi connectivity index (χ3v) is 6.00. The second-order valence-electron chi connectivity index (χ2n) is 7.89. The van der Waals surface area contributed by atoms with Crippen LogP contribution < -0.4 is 10.3 Å². The van der Waals surface area contributed by atoms with Gasteiger partial charge in [0.2, 0.25) is 5.91 Å². The molecule has 2 heterocycles. The van der Waals surface area contributed by atoms with E-state index in [-0.39, 0.29) is 24.6 Å².